The highest BCUT2D eigenvalue weighted by Crippen LogP contribution is 2.26. The van der Waals surface area contributed by atoms with Gasteiger partial charge in [0.2, 0.25) is 11.8 Å². The molecule has 1 atom stereocenters. The van der Waals surface area contributed by atoms with Crippen LogP contribution in [-0.2, 0) is 4.79 Å². The van der Waals surface area contributed by atoms with Crippen molar-refractivity contribution >= 4 is 23.4 Å². The predicted octanol–water partition coefficient (Wildman–Crippen LogP) is 4.00. The summed E-state index contributed by atoms with van der Waals surface area (Å²) in [5.74, 6) is 0.545. The molecule has 1 N–H and O–H groups in total. The number of benzene rings is 2. The molecule has 0 saturated heterocycles. The van der Waals surface area contributed by atoms with Gasteiger partial charge in [0.25, 0.3) is 11.8 Å². The van der Waals surface area contributed by atoms with Gasteiger partial charge in [0.1, 0.15) is 17.6 Å². The maximum absolute atomic E-state index is 12.8. The van der Waals surface area contributed by atoms with Crippen LogP contribution in [0.2, 0.25) is 0 Å². The van der Waals surface area contributed by atoms with Gasteiger partial charge in [-0.3, -0.25) is 19.3 Å². The van der Waals surface area contributed by atoms with Crippen LogP contribution in [-0.4, -0.2) is 48.4 Å². The standard InChI is InChI=1S/C27H24N6O4/c1-15-13-16(2)33(31-15)23-14-24(29-18(4)28-23)37-20-11-9-19(10-12-20)30-25(34)17(3)32-26(35)21-7-5-6-8-22(21)27(32)36/h5-14,17H,1-4H3,(H,30,34). The van der Waals surface area contributed by atoms with Crippen molar-refractivity contribution in [2.45, 2.75) is 33.7 Å². The maximum Gasteiger partial charge on any atom is 0.262 e. The highest BCUT2D eigenvalue weighted by atomic mass is 16.5. The number of nitrogens with one attached hydrogen (secondary N) is 1. The maximum atomic E-state index is 12.8. The summed E-state index contributed by atoms with van der Waals surface area (Å²) in [4.78, 5) is 48.0. The Hall–Kier alpha value is -4.86. The van der Waals surface area contributed by atoms with E-state index in [0.29, 0.717) is 40.1 Å². The monoisotopic (exact) mass is 496 g/mol. The van der Waals surface area contributed by atoms with Crippen molar-refractivity contribution in [3.8, 4) is 17.4 Å². The van der Waals surface area contributed by atoms with Crippen LogP contribution in [0.4, 0.5) is 5.69 Å². The van der Waals surface area contributed by atoms with E-state index in [-0.39, 0.29) is 0 Å². The summed E-state index contributed by atoms with van der Waals surface area (Å²) in [5, 5.41) is 7.21. The van der Waals surface area contributed by atoms with Crippen LogP contribution >= 0.6 is 0 Å². The molecule has 5 rings (SSSR count). The fraction of sp³-hybridized carbons (Fsp3) is 0.185. The first kappa shape index (κ1) is 23.9. The molecule has 0 bridgehead atoms. The van der Waals surface area contributed by atoms with Crippen molar-refractivity contribution in [3.05, 3.63) is 89.0 Å². The number of hydrogen-bond donors (Lipinski definition) is 1. The Morgan fingerprint density at radius 2 is 1.57 bits per heavy atom. The van der Waals surface area contributed by atoms with Crippen molar-refractivity contribution in [2.24, 2.45) is 0 Å². The molecule has 2 aromatic carbocycles. The van der Waals surface area contributed by atoms with Gasteiger partial charge in [-0.1, -0.05) is 12.1 Å². The normalized spacial score (nSPS) is 13.5. The van der Waals surface area contributed by atoms with Crippen molar-refractivity contribution in [1.29, 1.82) is 0 Å². The second-order valence-electron chi connectivity index (χ2n) is 8.77. The fourth-order valence-corrected chi connectivity index (χ4v) is 4.20. The molecule has 0 radical (unpaired) electrons. The van der Waals surface area contributed by atoms with Crippen molar-refractivity contribution < 1.29 is 19.1 Å². The SMILES string of the molecule is Cc1cc(C)n(-c2cc(Oc3ccc(NC(=O)C(C)N4C(=O)c5ccccc5C4=O)cc3)nc(C)n2)n1. The molecule has 0 fully saturated rings. The molecule has 4 aromatic rings. The Bertz CT molecular complexity index is 1510. The first-order valence-electron chi connectivity index (χ1n) is 11.7. The number of aryl methyl sites for hydroxylation is 3. The Labute approximate surface area is 212 Å². The van der Waals surface area contributed by atoms with E-state index >= 15 is 0 Å². The third-order valence-corrected chi connectivity index (χ3v) is 5.96. The third-order valence-electron chi connectivity index (χ3n) is 5.96. The van der Waals surface area contributed by atoms with Gasteiger partial charge in [0.15, 0.2) is 5.82 Å². The number of hydrogen-bond acceptors (Lipinski definition) is 7. The molecule has 1 aliphatic rings. The lowest BCUT2D eigenvalue weighted by Gasteiger charge is -2.21. The molecule has 1 unspecified atom stereocenters. The van der Waals surface area contributed by atoms with Crippen LogP contribution in [0.25, 0.3) is 5.82 Å². The highest BCUT2D eigenvalue weighted by Gasteiger charge is 2.40. The van der Waals surface area contributed by atoms with Gasteiger partial charge in [-0.15, -0.1) is 0 Å². The molecule has 37 heavy (non-hydrogen) atoms. The minimum atomic E-state index is -0.986. The summed E-state index contributed by atoms with van der Waals surface area (Å²) < 4.78 is 7.65. The van der Waals surface area contributed by atoms with Gasteiger partial charge in [-0.05, 0) is 70.2 Å². The van der Waals surface area contributed by atoms with Gasteiger partial charge >= 0.3 is 0 Å². The molecule has 0 spiro atoms. The van der Waals surface area contributed by atoms with E-state index in [1.807, 2.05) is 19.9 Å². The van der Waals surface area contributed by atoms with Gasteiger partial charge in [-0.2, -0.15) is 10.1 Å². The zero-order valence-electron chi connectivity index (χ0n) is 20.7. The van der Waals surface area contributed by atoms with Crippen LogP contribution in [0.1, 0.15) is 44.9 Å². The van der Waals surface area contributed by atoms with Crippen molar-refractivity contribution in [3.63, 3.8) is 0 Å². The van der Waals surface area contributed by atoms with Gasteiger partial charge in [0, 0.05) is 17.4 Å². The molecular weight excluding hydrogens is 472 g/mol. The van der Waals surface area contributed by atoms with Crippen LogP contribution in [0.3, 0.4) is 0 Å². The number of carbonyl (C=O) groups excluding carboxylic acids is 3. The minimum Gasteiger partial charge on any atom is -0.439 e. The van der Waals surface area contributed by atoms with Crippen molar-refractivity contribution in [2.75, 3.05) is 5.32 Å². The molecule has 3 amide bonds. The van der Waals surface area contributed by atoms with E-state index in [4.69, 9.17) is 4.74 Å². The van der Waals surface area contributed by atoms with Gasteiger partial charge < -0.3 is 10.1 Å². The summed E-state index contributed by atoms with van der Waals surface area (Å²) in [6.45, 7) is 7.15. The lowest BCUT2D eigenvalue weighted by atomic mass is 10.1. The number of amides is 3. The average Bonchev–Trinajstić information content (AvgIpc) is 3.34. The molecule has 0 aliphatic carbocycles. The Morgan fingerprint density at radius 3 is 2.16 bits per heavy atom. The summed E-state index contributed by atoms with van der Waals surface area (Å²) in [6, 6.07) is 15.9. The molecule has 10 nitrogen and oxygen atoms in total. The van der Waals surface area contributed by atoms with Crippen LogP contribution in [0.15, 0.2) is 60.7 Å². The van der Waals surface area contributed by atoms with Gasteiger partial charge in [-0.25, -0.2) is 9.67 Å². The number of imide groups is 1. The molecular formula is C27H24N6O4. The average molecular weight is 497 g/mol. The fourth-order valence-electron chi connectivity index (χ4n) is 4.20. The molecule has 0 saturated carbocycles. The minimum absolute atomic E-state index is 0.301. The van der Waals surface area contributed by atoms with Gasteiger partial charge in [0.05, 0.1) is 16.8 Å². The van der Waals surface area contributed by atoms with E-state index in [1.54, 1.807) is 66.2 Å². The predicted molar refractivity (Wildman–Crippen MR) is 135 cm³/mol. The molecule has 10 heteroatoms. The lowest BCUT2D eigenvalue weighted by Crippen LogP contribution is -2.45. The number of ether oxygens (including phenoxy) is 1. The Kier molecular flexibility index (Phi) is 6.00. The van der Waals surface area contributed by atoms with E-state index < -0.39 is 23.8 Å². The lowest BCUT2D eigenvalue weighted by molar-refractivity contribution is -0.119. The second-order valence-corrected chi connectivity index (χ2v) is 8.77. The number of rotatable bonds is 6. The summed E-state index contributed by atoms with van der Waals surface area (Å²) in [7, 11) is 0. The molecule has 2 aromatic heterocycles. The number of nitrogens with zero attached hydrogens (tertiary/aromatic N) is 5. The zero-order valence-corrected chi connectivity index (χ0v) is 20.7. The number of aromatic nitrogens is 4. The second kappa shape index (κ2) is 9.30. The first-order valence-corrected chi connectivity index (χ1v) is 11.7. The number of anilines is 1. The van der Waals surface area contributed by atoms with E-state index in [9.17, 15) is 14.4 Å². The third kappa shape index (κ3) is 4.56. The molecule has 186 valence electrons. The topological polar surface area (TPSA) is 119 Å². The van der Waals surface area contributed by atoms with E-state index in [1.165, 1.54) is 6.92 Å². The number of fused-ring (bicyclic) bond motifs is 1. The van der Waals surface area contributed by atoms with Crippen molar-refractivity contribution in [1.82, 2.24) is 24.6 Å². The van der Waals surface area contributed by atoms with E-state index in [0.717, 1.165) is 16.3 Å². The number of carbonyl (C=O) groups is 3. The van der Waals surface area contributed by atoms with Crippen LogP contribution < -0.4 is 10.1 Å². The Morgan fingerprint density at radius 1 is 0.919 bits per heavy atom. The summed E-state index contributed by atoms with van der Waals surface area (Å²) in [6.07, 6.45) is 0. The quantitative estimate of drug-likeness (QED) is 0.401. The zero-order chi connectivity index (χ0) is 26.3. The summed E-state index contributed by atoms with van der Waals surface area (Å²) in [5.41, 5.74) is 2.91. The smallest absolute Gasteiger partial charge is 0.262 e. The van der Waals surface area contributed by atoms with E-state index in [2.05, 4.69) is 20.4 Å². The first-order chi connectivity index (χ1) is 17.7. The van der Waals surface area contributed by atoms with Crippen LogP contribution in [0.5, 0.6) is 11.6 Å². The highest BCUT2D eigenvalue weighted by molar-refractivity contribution is 6.23. The molecule has 1 aliphatic heterocycles. The Balaban J connectivity index is 1.27. The van der Waals surface area contributed by atoms with Crippen LogP contribution in [0, 0.1) is 20.8 Å². The largest absolute Gasteiger partial charge is 0.439 e. The molecule has 3 heterocycles. The summed E-state index contributed by atoms with van der Waals surface area (Å²) >= 11 is 0.